The molecule has 1 heterocycles. The van der Waals surface area contributed by atoms with Crippen molar-refractivity contribution in [2.75, 3.05) is 7.05 Å². The van der Waals surface area contributed by atoms with Gasteiger partial charge in [0.15, 0.2) is 0 Å². The van der Waals surface area contributed by atoms with E-state index in [1.807, 2.05) is 31.6 Å². The zero-order valence-electron chi connectivity index (χ0n) is 4.11. The van der Waals surface area contributed by atoms with Gasteiger partial charge in [-0.2, -0.15) is 0 Å². The van der Waals surface area contributed by atoms with Crippen LogP contribution in [0.2, 0.25) is 0 Å². The fraction of sp³-hybridized carbons (Fsp3) is 0.200. The quantitative estimate of drug-likeness (QED) is 0.435. The van der Waals surface area contributed by atoms with Crippen LogP contribution in [0.15, 0.2) is 24.6 Å². The molecule has 1 rings (SSSR count). The summed E-state index contributed by atoms with van der Waals surface area (Å²) < 4.78 is 0.639. The number of hydrogen-bond donors (Lipinski definition) is 0. The van der Waals surface area contributed by atoms with Gasteiger partial charge in [-0.3, -0.25) is 0 Å². The third kappa shape index (κ3) is 1.16. The van der Waals surface area contributed by atoms with Crippen molar-refractivity contribution >= 4 is 0 Å². The van der Waals surface area contributed by atoms with Crippen LogP contribution in [0.25, 0.3) is 0 Å². The minimum atomic E-state index is 0.639. The Morgan fingerprint density at radius 2 is 1.71 bits per heavy atom. The molecule has 0 N–H and O–H groups in total. The Labute approximate surface area is 51.9 Å². The van der Waals surface area contributed by atoms with Crippen molar-refractivity contribution < 1.29 is 19.7 Å². The summed E-state index contributed by atoms with van der Waals surface area (Å²) in [6.45, 7) is 0. The molecule has 0 aliphatic carbocycles. The molecule has 0 atom stereocenters. The Morgan fingerprint density at radius 3 is 1.86 bits per heavy atom. The van der Waals surface area contributed by atoms with Gasteiger partial charge in [-0.1, -0.05) is 0 Å². The average Bonchev–Trinajstić information content (AvgIpc) is 1.84. The summed E-state index contributed by atoms with van der Waals surface area (Å²) in [6, 6.07) is 0. The Balaban J connectivity index is 2.77. The Kier molecular flexibility index (Phi) is 1.08. The molecule has 0 amide bonds. The zero-order valence-corrected chi connectivity index (χ0v) is 5.21. The van der Waals surface area contributed by atoms with Gasteiger partial charge in [0.2, 0.25) is 0 Å². The van der Waals surface area contributed by atoms with E-state index in [2.05, 4.69) is 16.2 Å². The number of rotatable bonds is 0. The minimum absolute atomic E-state index is 0.639. The fourth-order valence-corrected chi connectivity index (χ4v) is 0.672. The van der Waals surface area contributed by atoms with Crippen molar-refractivity contribution in [2.45, 2.75) is 0 Å². The van der Waals surface area contributed by atoms with Crippen LogP contribution in [0.3, 0.4) is 0 Å². The molecule has 0 aromatic carbocycles. The van der Waals surface area contributed by atoms with Crippen LogP contribution in [0, 0.1) is 0 Å². The SMILES string of the molecule is C[N+]1([Fe])C=CC=C1. The van der Waals surface area contributed by atoms with Crippen molar-refractivity contribution in [3.05, 3.63) is 24.6 Å². The molecule has 7 heavy (non-hydrogen) atoms. The first-order chi connectivity index (χ1) is 3.21. The number of hydrogen-bond acceptors (Lipinski definition) is 0. The molecule has 0 unspecified atom stereocenters. The Bertz CT molecular complexity index is 110. The summed E-state index contributed by atoms with van der Waals surface area (Å²) in [5.41, 5.74) is 0. The second-order valence-electron chi connectivity index (χ2n) is 1.69. The van der Waals surface area contributed by atoms with Crippen molar-refractivity contribution in [3.63, 3.8) is 0 Å². The topological polar surface area (TPSA) is 0 Å². The summed E-state index contributed by atoms with van der Waals surface area (Å²) in [5.74, 6) is 0. The van der Waals surface area contributed by atoms with Gasteiger partial charge in [0.1, 0.15) is 0 Å². The molecule has 0 spiro atoms. The monoisotopic (exact) mass is 137 g/mol. The second kappa shape index (κ2) is 1.48. The van der Waals surface area contributed by atoms with E-state index in [9.17, 15) is 0 Å². The zero-order chi connectivity index (χ0) is 5.33. The first-order valence-electron chi connectivity index (χ1n) is 2.12. The normalized spacial score (nSPS) is 23.7. The third-order valence-electron chi connectivity index (χ3n) is 0.859. The van der Waals surface area contributed by atoms with Gasteiger partial charge in [-0.25, -0.2) is 0 Å². The molecule has 0 bridgehead atoms. The van der Waals surface area contributed by atoms with Crippen LogP contribution in [-0.2, 0) is 16.2 Å². The molecule has 0 aromatic heterocycles. The van der Waals surface area contributed by atoms with E-state index in [1.54, 1.807) is 0 Å². The van der Waals surface area contributed by atoms with Gasteiger partial charge in [0, 0.05) is 0 Å². The van der Waals surface area contributed by atoms with E-state index in [4.69, 9.17) is 0 Å². The van der Waals surface area contributed by atoms with Crippen LogP contribution in [0.4, 0.5) is 0 Å². The van der Waals surface area contributed by atoms with Crippen molar-refractivity contribution in [2.24, 2.45) is 0 Å². The van der Waals surface area contributed by atoms with Crippen LogP contribution in [0.5, 0.6) is 0 Å². The first-order valence-corrected chi connectivity index (χ1v) is 2.62. The van der Waals surface area contributed by atoms with Crippen LogP contribution in [0.1, 0.15) is 0 Å². The van der Waals surface area contributed by atoms with E-state index in [0.717, 1.165) is 0 Å². The average molecular weight is 137 g/mol. The second-order valence-corrected chi connectivity index (χ2v) is 2.75. The first kappa shape index (κ1) is 5.10. The molecule has 2 heteroatoms. The molecule has 0 aromatic rings. The number of nitrogens with zero attached hydrogens (tertiary/aromatic N) is 1. The summed E-state index contributed by atoms with van der Waals surface area (Å²) >= 11 is 3.83. The molecule has 0 fully saturated rings. The molecule has 1 aliphatic heterocycles. The van der Waals surface area contributed by atoms with Gasteiger partial charge in [-0.15, -0.1) is 0 Å². The molecule has 0 saturated heterocycles. The summed E-state index contributed by atoms with van der Waals surface area (Å²) in [4.78, 5) is 0. The Hall–Kier alpha value is -0.0405. The molecular weight excluding hydrogens is 130 g/mol. The standard InChI is InChI=1S/C5H7N.Fe/c1-6-4-2-3-5-6;/h2-5H,1H3;/q;+1. The molecule has 1 nitrogen and oxygen atoms in total. The summed E-state index contributed by atoms with van der Waals surface area (Å²) in [6.07, 6.45) is 8.01. The van der Waals surface area contributed by atoms with Crippen LogP contribution < -0.4 is 0 Å². The fourth-order valence-electron chi connectivity index (χ4n) is 0.481. The number of allylic oxidation sites excluding steroid dienone is 2. The van der Waals surface area contributed by atoms with Gasteiger partial charge < -0.3 is 0 Å². The molecule has 1 aliphatic rings. The predicted octanol–water partition coefficient (Wildman–Crippen LogP) is 0.936. The van der Waals surface area contributed by atoms with Gasteiger partial charge in [0.25, 0.3) is 0 Å². The third-order valence-corrected chi connectivity index (χ3v) is 1.19. The van der Waals surface area contributed by atoms with Crippen molar-refractivity contribution in [3.8, 4) is 0 Å². The van der Waals surface area contributed by atoms with Gasteiger partial charge in [-0.05, 0) is 0 Å². The van der Waals surface area contributed by atoms with Gasteiger partial charge >= 0.3 is 51.3 Å². The molecule has 39 valence electrons. The maximum absolute atomic E-state index is 3.83. The van der Waals surface area contributed by atoms with E-state index in [-0.39, 0.29) is 0 Å². The molecule has 0 radical (unpaired) electrons. The summed E-state index contributed by atoms with van der Waals surface area (Å²) in [5, 5.41) is 0. The summed E-state index contributed by atoms with van der Waals surface area (Å²) in [7, 11) is 2.01. The Morgan fingerprint density at radius 1 is 1.29 bits per heavy atom. The maximum atomic E-state index is 3.83. The van der Waals surface area contributed by atoms with Crippen molar-refractivity contribution in [1.82, 2.24) is 0 Å². The van der Waals surface area contributed by atoms with Crippen molar-refractivity contribution in [1.29, 1.82) is 0 Å². The van der Waals surface area contributed by atoms with E-state index in [0.29, 0.717) is 3.50 Å². The molecular formula is C5H7FeN+. The van der Waals surface area contributed by atoms with Gasteiger partial charge in [0.05, 0.1) is 0 Å². The number of quaternary nitrogens is 1. The molecule has 0 saturated carbocycles. The van der Waals surface area contributed by atoms with E-state index in [1.165, 1.54) is 0 Å². The van der Waals surface area contributed by atoms with Crippen LogP contribution in [-0.4, -0.2) is 10.5 Å². The van der Waals surface area contributed by atoms with E-state index >= 15 is 0 Å². The van der Waals surface area contributed by atoms with Crippen LogP contribution >= 0.6 is 0 Å². The van der Waals surface area contributed by atoms with E-state index < -0.39 is 0 Å². The predicted molar refractivity (Wildman–Crippen MR) is 24.5 cm³/mol.